The van der Waals surface area contributed by atoms with Crippen LogP contribution >= 0.6 is 0 Å². The van der Waals surface area contributed by atoms with Gasteiger partial charge < -0.3 is 14.6 Å². The molecular weight excluding hydrogens is 402 g/mol. The van der Waals surface area contributed by atoms with Crippen molar-refractivity contribution < 1.29 is 14.0 Å². The summed E-state index contributed by atoms with van der Waals surface area (Å²) in [6, 6.07) is 22.8. The molecule has 2 heterocycles. The fraction of sp³-hybridized carbons (Fsp3) is 0.308. The molecule has 2 amide bonds. The molecule has 1 fully saturated rings. The standard InChI is InChI=1S/C26H29N3O3/c30-25(24-13-7-18-32-24)27-23(19-21-9-3-1-4-10-21)26(31)29-15-8-14-28(16-17-29)20-22-11-5-2-6-12-22/h1-7,9-13,18,23H,8,14-17,19-20H2,(H,27,30). The van der Waals surface area contributed by atoms with Crippen LogP contribution in [-0.2, 0) is 17.8 Å². The highest BCUT2D eigenvalue weighted by Crippen LogP contribution is 2.13. The molecule has 1 aliphatic heterocycles. The summed E-state index contributed by atoms with van der Waals surface area (Å²) in [6.07, 6.45) is 2.80. The Kier molecular flexibility index (Phi) is 7.35. The first-order valence-electron chi connectivity index (χ1n) is 11.1. The number of carbonyl (C=O) groups excluding carboxylic acids is 2. The topological polar surface area (TPSA) is 65.8 Å². The summed E-state index contributed by atoms with van der Waals surface area (Å²) in [4.78, 5) is 30.4. The van der Waals surface area contributed by atoms with Crippen molar-refractivity contribution in [2.45, 2.75) is 25.4 Å². The molecule has 0 radical (unpaired) electrons. The summed E-state index contributed by atoms with van der Waals surface area (Å²) in [5.41, 5.74) is 2.28. The molecule has 0 aliphatic carbocycles. The van der Waals surface area contributed by atoms with E-state index in [4.69, 9.17) is 4.42 Å². The highest BCUT2D eigenvalue weighted by molar-refractivity contribution is 5.95. The number of nitrogens with zero attached hydrogens (tertiary/aromatic N) is 2. The van der Waals surface area contributed by atoms with E-state index in [0.717, 1.165) is 31.6 Å². The summed E-state index contributed by atoms with van der Waals surface area (Å²) in [5.74, 6) is -0.208. The average Bonchev–Trinajstić information content (AvgIpc) is 3.27. The number of benzene rings is 2. The van der Waals surface area contributed by atoms with Gasteiger partial charge in [-0.05, 0) is 29.7 Å². The van der Waals surface area contributed by atoms with Gasteiger partial charge in [0.2, 0.25) is 5.91 Å². The van der Waals surface area contributed by atoms with Crippen LogP contribution in [0, 0.1) is 0 Å². The van der Waals surface area contributed by atoms with Gasteiger partial charge >= 0.3 is 0 Å². The zero-order valence-electron chi connectivity index (χ0n) is 18.2. The molecule has 0 bridgehead atoms. The lowest BCUT2D eigenvalue weighted by Crippen LogP contribution is -2.50. The largest absolute Gasteiger partial charge is 0.459 e. The number of carbonyl (C=O) groups is 2. The van der Waals surface area contributed by atoms with Gasteiger partial charge in [0.05, 0.1) is 6.26 Å². The van der Waals surface area contributed by atoms with Crippen molar-refractivity contribution in [3.05, 3.63) is 95.9 Å². The van der Waals surface area contributed by atoms with Crippen molar-refractivity contribution in [1.82, 2.24) is 15.1 Å². The molecule has 3 aromatic rings. The van der Waals surface area contributed by atoms with Crippen LogP contribution in [0.25, 0.3) is 0 Å². The first kappa shape index (κ1) is 21.8. The second kappa shape index (κ2) is 10.8. The molecule has 1 N–H and O–H groups in total. The summed E-state index contributed by atoms with van der Waals surface area (Å²) in [7, 11) is 0. The molecule has 1 aromatic heterocycles. The summed E-state index contributed by atoms with van der Waals surface area (Å²) in [5, 5.41) is 2.90. The van der Waals surface area contributed by atoms with Crippen LogP contribution in [0.2, 0.25) is 0 Å². The minimum absolute atomic E-state index is 0.0460. The van der Waals surface area contributed by atoms with Gasteiger partial charge in [0.25, 0.3) is 5.91 Å². The van der Waals surface area contributed by atoms with Gasteiger partial charge in [0, 0.05) is 39.1 Å². The van der Waals surface area contributed by atoms with Gasteiger partial charge in [0.1, 0.15) is 6.04 Å². The maximum absolute atomic E-state index is 13.5. The number of amides is 2. The molecule has 1 aliphatic rings. The molecule has 32 heavy (non-hydrogen) atoms. The lowest BCUT2D eigenvalue weighted by molar-refractivity contribution is -0.133. The summed E-state index contributed by atoms with van der Waals surface area (Å²) < 4.78 is 5.22. The van der Waals surface area contributed by atoms with Gasteiger partial charge in [-0.15, -0.1) is 0 Å². The van der Waals surface area contributed by atoms with E-state index in [9.17, 15) is 9.59 Å². The smallest absolute Gasteiger partial charge is 0.287 e. The van der Waals surface area contributed by atoms with E-state index in [1.54, 1.807) is 12.1 Å². The van der Waals surface area contributed by atoms with Crippen LogP contribution in [0.5, 0.6) is 0 Å². The number of rotatable bonds is 7. The van der Waals surface area contributed by atoms with Gasteiger partial charge in [0.15, 0.2) is 5.76 Å². The lowest BCUT2D eigenvalue weighted by Gasteiger charge is -2.27. The average molecular weight is 432 g/mol. The molecule has 1 saturated heterocycles. The third-order valence-electron chi connectivity index (χ3n) is 5.78. The Morgan fingerprint density at radius 1 is 0.844 bits per heavy atom. The predicted molar refractivity (Wildman–Crippen MR) is 123 cm³/mol. The molecule has 1 unspecified atom stereocenters. The van der Waals surface area contributed by atoms with Gasteiger partial charge in [-0.2, -0.15) is 0 Å². The molecule has 6 heteroatoms. The van der Waals surface area contributed by atoms with Crippen LogP contribution in [0.4, 0.5) is 0 Å². The minimum Gasteiger partial charge on any atom is -0.459 e. The molecule has 0 saturated carbocycles. The number of furan rings is 1. The Hall–Kier alpha value is -3.38. The molecule has 6 nitrogen and oxygen atoms in total. The first-order valence-corrected chi connectivity index (χ1v) is 11.1. The highest BCUT2D eigenvalue weighted by Gasteiger charge is 2.28. The van der Waals surface area contributed by atoms with E-state index in [0.29, 0.717) is 19.5 Å². The molecular formula is C26H29N3O3. The molecule has 166 valence electrons. The van der Waals surface area contributed by atoms with Crippen molar-refractivity contribution in [3.63, 3.8) is 0 Å². The van der Waals surface area contributed by atoms with Crippen molar-refractivity contribution in [2.24, 2.45) is 0 Å². The molecule has 1 atom stereocenters. The fourth-order valence-electron chi connectivity index (χ4n) is 4.10. The lowest BCUT2D eigenvalue weighted by atomic mass is 10.0. The molecule has 0 spiro atoms. The van der Waals surface area contributed by atoms with Crippen LogP contribution in [0.3, 0.4) is 0 Å². The van der Waals surface area contributed by atoms with Crippen molar-refractivity contribution in [3.8, 4) is 0 Å². The van der Waals surface area contributed by atoms with E-state index in [1.807, 2.05) is 41.3 Å². The van der Waals surface area contributed by atoms with E-state index in [-0.39, 0.29) is 17.6 Å². The summed E-state index contributed by atoms with van der Waals surface area (Å²) >= 11 is 0. The zero-order chi connectivity index (χ0) is 22.2. The van der Waals surface area contributed by atoms with Gasteiger partial charge in [-0.1, -0.05) is 60.7 Å². The quantitative estimate of drug-likeness (QED) is 0.623. The zero-order valence-corrected chi connectivity index (χ0v) is 18.2. The Bertz CT molecular complexity index is 990. The Morgan fingerprint density at radius 3 is 2.25 bits per heavy atom. The van der Waals surface area contributed by atoms with Crippen molar-refractivity contribution in [1.29, 1.82) is 0 Å². The van der Waals surface area contributed by atoms with E-state index < -0.39 is 6.04 Å². The Balaban J connectivity index is 1.43. The minimum atomic E-state index is -0.643. The summed E-state index contributed by atoms with van der Waals surface area (Å²) in [6.45, 7) is 3.97. The maximum Gasteiger partial charge on any atom is 0.287 e. The normalized spacial score (nSPS) is 15.7. The first-order chi connectivity index (χ1) is 15.7. The monoisotopic (exact) mass is 431 g/mol. The number of hydrogen-bond acceptors (Lipinski definition) is 4. The molecule has 2 aromatic carbocycles. The SMILES string of the molecule is O=C(NC(Cc1ccccc1)C(=O)N1CCCN(Cc2ccccc2)CC1)c1ccco1. The predicted octanol–water partition coefficient (Wildman–Crippen LogP) is 3.36. The van der Waals surface area contributed by atoms with Crippen LogP contribution in [-0.4, -0.2) is 53.8 Å². The van der Waals surface area contributed by atoms with Crippen molar-refractivity contribution >= 4 is 11.8 Å². The van der Waals surface area contributed by atoms with E-state index >= 15 is 0 Å². The van der Waals surface area contributed by atoms with Gasteiger partial charge in [-0.3, -0.25) is 14.5 Å². The Labute approximate surface area is 188 Å². The Morgan fingerprint density at radius 2 is 1.56 bits per heavy atom. The second-order valence-corrected chi connectivity index (χ2v) is 8.13. The van der Waals surface area contributed by atoms with E-state index in [2.05, 4.69) is 34.5 Å². The second-order valence-electron chi connectivity index (χ2n) is 8.13. The van der Waals surface area contributed by atoms with E-state index in [1.165, 1.54) is 11.8 Å². The van der Waals surface area contributed by atoms with Crippen molar-refractivity contribution in [2.75, 3.05) is 26.2 Å². The highest BCUT2D eigenvalue weighted by atomic mass is 16.3. The fourth-order valence-corrected chi connectivity index (χ4v) is 4.10. The molecule has 4 rings (SSSR count). The van der Waals surface area contributed by atoms with Gasteiger partial charge in [-0.25, -0.2) is 0 Å². The maximum atomic E-state index is 13.5. The van der Waals surface area contributed by atoms with Crippen LogP contribution in [0.1, 0.15) is 28.1 Å². The third-order valence-corrected chi connectivity index (χ3v) is 5.78. The third kappa shape index (κ3) is 5.86. The van der Waals surface area contributed by atoms with Crippen LogP contribution in [0.15, 0.2) is 83.5 Å². The van der Waals surface area contributed by atoms with Crippen LogP contribution < -0.4 is 5.32 Å². The number of hydrogen-bond donors (Lipinski definition) is 1. The number of nitrogens with one attached hydrogen (secondary N) is 1.